The highest BCUT2D eigenvalue weighted by atomic mass is 16.5. The zero-order valence-electron chi connectivity index (χ0n) is 10.1. The van der Waals surface area contributed by atoms with Crippen LogP contribution in [0, 0.1) is 5.92 Å². The number of hydrogen-bond acceptors (Lipinski definition) is 6. The molecule has 102 valence electrons. The van der Waals surface area contributed by atoms with E-state index in [1.54, 1.807) is 0 Å². The number of amides is 1. The number of rotatable bonds is 3. The molecule has 2 atom stereocenters. The van der Waals surface area contributed by atoms with Gasteiger partial charge in [0.25, 0.3) is 0 Å². The molecule has 2 unspecified atom stereocenters. The fourth-order valence-corrected chi connectivity index (χ4v) is 2.30. The lowest BCUT2D eigenvalue weighted by Crippen LogP contribution is -2.26. The first kappa shape index (κ1) is 12.1. The molecule has 1 aromatic heterocycles. The van der Waals surface area contributed by atoms with Crippen LogP contribution in [-0.4, -0.2) is 40.3 Å². The maximum atomic E-state index is 11.7. The zero-order chi connectivity index (χ0) is 13.4. The number of carboxylic acid groups (broad SMARTS) is 1. The van der Waals surface area contributed by atoms with Crippen molar-refractivity contribution in [2.75, 3.05) is 18.1 Å². The van der Waals surface area contributed by atoms with Crippen molar-refractivity contribution in [1.82, 2.24) is 10.2 Å². The number of carbonyl (C=O) groups is 2. The molecule has 2 aliphatic heterocycles. The number of aliphatic carboxylic acids is 1. The van der Waals surface area contributed by atoms with Gasteiger partial charge in [-0.15, -0.1) is 5.10 Å². The third-order valence-electron chi connectivity index (χ3n) is 3.34. The van der Waals surface area contributed by atoms with Gasteiger partial charge in [-0.25, -0.2) is 0 Å². The highest BCUT2D eigenvalue weighted by Gasteiger charge is 2.38. The largest absolute Gasteiger partial charge is 0.481 e. The Kier molecular flexibility index (Phi) is 2.94. The van der Waals surface area contributed by atoms with E-state index in [0.29, 0.717) is 12.5 Å². The van der Waals surface area contributed by atoms with Crippen LogP contribution < -0.4 is 4.90 Å². The smallest absolute Gasteiger partial charge is 0.325 e. The van der Waals surface area contributed by atoms with Crippen LogP contribution in [0.3, 0.4) is 0 Å². The number of hydrogen-bond donors (Lipinski definition) is 1. The third kappa shape index (κ3) is 2.19. The summed E-state index contributed by atoms with van der Waals surface area (Å²) in [6.45, 7) is 0.730. The fraction of sp³-hybridized carbons (Fsp3) is 0.636. The van der Waals surface area contributed by atoms with E-state index in [9.17, 15) is 9.59 Å². The van der Waals surface area contributed by atoms with Crippen molar-refractivity contribution < 1.29 is 23.8 Å². The molecule has 0 saturated carbocycles. The van der Waals surface area contributed by atoms with Crippen LogP contribution in [0.5, 0.6) is 0 Å². The second kappa shape index (κ2) is 4.61. The van der Waals surface area contributed by atoms with Crippen molar-refractivity contribution in [3.63, 3.8) is 0 Å². The highest BCUT2D eigenvalue weighted by molar-refractivity contribution is 5.97. The highest BCUT2D eigenvalue weighted by Crippen LogP contribution is 2.30. The van der Waals surface area contributed by atoms with Gasteiger partial charge < -0.3 is 14.3 Å². The predicted octanol–water partition coefficient (Wildman–Crippen LogP) is 0.359. The van der Waals surface area contributed by atoms with E-state index >= 15 is 0 Å². The lowest BCUT2D eigenvalue weighted by Gasteiger charge is -2.09. The van der Waals surface area contributed by atoms with Crippen LogP contribution in [-0.2, 0) is 14.3 Å². The second-order valence-corrected chi connectivity index (χ2v) is 4.67. The Balaban J connectivity index is 1.75. The van der Waals surface area contributed by atoms with Gasteiger partial charge in [-0.1, -0.05) is 5.10 Å². The van der Waals surface area contributed by atoms with E-state index < -0.39 is 11.9 Å². The topological polar surface area (TPSA) is 106 Å². The number of ether oxygens (including phenoxy) is 1. The Morgan fingerprint density at radius 2 is 2.26 bits per heavy atom. The van der Waals surface area contributed by atoms with Crippen molar-refractivity contribution in [3.05, 3.63) is 5.89 Å². The van der Waals surface area contributed by atoms with Crippen LogP contribution in [0.15, 0.2) is 4.42 Å². The van der Waals surface area contributed by atoms with Gasteiger partial charge in [-0.3, -0.25) is 14.5 Å². The Morgan fingerprint density at radius 1 is 1.42 bits per heavy atom. The van der Waals surface area contributed by atoms with Gasteiger partial charge in [0, 0.05) is 19.6 Å². The summed E-state index contributed by atoms with van der Waals surface area (Å²) >= 11 is 0. The van der Waals surface area contributed by atoms with E-state index in [0.717, 1.165) is 12.8 Å². The summed E-state index contributed by atoms with van der Waals surface area (Å²) in [5.41, 5.74) is 0. The van der Waals surface area contributed by atoms with Crippen LogP contribution in [0.2, 0.25) is 0 Å². The van der Waals surface area contributed by atoms with E-state index in [2.05, 4.69) is 10.2 Å². The standard InChI is InChI=1S/C11H13N3O5/c15-8-4-6(10(16)17)5-14(8)11-13-12-9(19-11)7-2-1-3-18-7/h6-7H,1-5H2,(H,16,17). The summed E-state index contributed by atoms with van der Waals surface area (Å²) in [6, 6.07) is 0.0549. The molecule has 19 heavy (non-hydrogen) atoms. The molecule has 0 aliphatic carbocycles. The molecule has 8 heteroatoms. The summed E-state index contributed by atoms with van der Waals surface area (Å²) in [5, 5.41) is 16.6. The molecule has 1 amide bonds. The minimum atomic E-state index is -0.991. The molecule has 8 nitrogen and oxygen atoms in total. The average Bonchev–Trinajstić information content (AvgIpc) is 3.07. The van der Waals surface area contributed by atoms with Crippen molar-refractivity contribution in [2.45, 2.75) is 25.4 Å². The lowest BCUT2D eigenvalue weighted by atomic mass is 10.1. The van der Waals surface area contributed by atoms with Crippen LogP contribution in [0.25, 0.3) is 0 Å². The maximum Gasteiger partial charge on any atom is 0.325 e. The summed E-state index contributed by atoms with van der Waals surface area (Å²) in [5.74, 6) is -1.67. The van der Waals surface area contributed by atoms with Crippen molar-refractivity contribution in [2.24, 2.45) is 5.92 Å². The van der Waals surface area contributed by atoms with Gasteiger partial charge in [0.15, 0.2) is 0 Å². The molecule has 0 aromatic carbocycles. The number of nitrogens with zero attached hydrogens (tertiary/aromatic N) is 3. The van der Waals surface area contributed by atoms with Gasteiger partial charge in [-0.05, 0) is 12.8 Å². The predicted molar refractivity (Wildman–Crippen MR) is 60.3 cm³/mol. The van der Waals surface area contributed by atoms with Crippen LogP contribution in [0.4, 0.5) is 6.01 Å². The molecule has 0 spiro atoms. The van der Waals surface area contributed by atoms with Crippen LogP contribution >= 0.6 is 0 Å². The third-order valence-corrected chi connectivity index (χ3v) is 3.34. The summed E-state index contributed by atoms with van der Waals surface area (Å²) in [4.78, 5) is 23.8. The lowest BCUT2D eigenvalue weighted by molar-refractivity contribution is -0.141. The van der Waals surface area contributed by atoms with Crippen molar-refractivity contribution in [3.8, 4) is 0 Å². The maximum absolute atomic E-state index is 11.7. The first-order valence-corrected chi connectivity index (χ1v) is 6.13. The minimum Gasteiger partial charge on any atom is -0.481 e. The first-order chi connectivity index (χ1) is 9.15. The summed E-state index contributed by atoms with van der Waals surface area (Å²) in [6.07, 6.45) is 1.50. The monoisotopic (exact) mass is 267 g/mol. The van der Waals surface area contributed by atoms with Gasteiger partial charge >= 0.3 is 12.0 Å². The summed E-state index contributed by atoms with van der Waals surface area (Å²) in [7, 11) is 0. The Hall–Kier alpha value is -1.96. The SMILES string of the molecule is O=C(O)C1CC(=O)N(c2nnc(C3CCCO3)o2)C1. The van der Waals surface area contributed by atoms with E-state index in [1.165, 1.54) is 4.90 Å². The van der Waals surface area contributed by atoms with Gasteiger partial charge in [0.1, 0.15) is 6.10 Å². The van der Waals surface area contributed by atoms with Gasteiger partial charge in [0.2, 0.25) is 11.8 Å². The molecule has 1 aromatic rings. The first-order valence-electron chi connectivity index (χ1n) is 6.13. The fourth-order valence-electron chi connectivity index (χ4n) is 2.30. The van der Waals surface area contributed by atoms with Crippen molar-refractivity contribution >= 4 is 17.9 Å². The Labute approximate surface area is 108 Å². The molecular weight excluding hydrogens is 254 g/mol. The molecule has 1 N–H and O–H groups in total. The average molecular weight is 267 g/mol. The molecule has 0 bridgehead atoms. The molecule has 2 fully saturated rings. The van der Waals surface area contributed by atoms with E-state index in [-0.39, 0.29) is 31.0 Å². The quantitative estimate of drug-likeness (QED) is 0.842. The minimum absolute atomic E-state index is 0.0347. The summed E-state index contributed by atoms with van der Waals surface area (Å²) < 4.78 is 10.8. The number of carboxylic acids is 1. The van der Waals surface area contributed by atoms with Gasteiger partial charge in [-0.2, -0.15) is 0 Å². The molecular formula is C11H13N3O5. The number of anilines is 1. The normalized spacial score (nSPS) is 27.2. The van der Waals surface area contributed by atoms with E-state index in [1.807, 2.05) is 0 Å². The van der Waals surface area contributed by atoms with Crippen molar-refractivity contribution in [1.29, 1.82) is 0 Å². The number of aromatic nitrogens is 2. The Bertz CT molecular complexity index is 508. The number of carbonyl (C=O) groups excluding carboxylic acids is 1. The Morgan fingerprint density at radius 3 is 2.89 bits per heavy atom. The molecule has 0 radical (unpaired) electrons. The molecule has 3 rings (SSSR count). The molecule has 2 saturated heterocycles. The zero-order valence-corrected chi connectivity index (χ0v) is 10.1. The van der Waals surface area contributed by atoms with Gasteiger partial charge in [0.05, 0.1) is 5.92 Å². The molecule has 2 aliphatic rings. The molecule has 3 heterocycles. The van der Waals surface area contributed by atoms with E-state index in [4.69, 9.17) is 14.3 Å². The van der Waals surface area contributed by atoms with Crippen LogP contribution in [0.1, 0.15) is 31.3 Å². The second-order valence-electron chi connectivity index (χ2n) is 4.67.